The lowest BCUT2D eigenvalue weighted by Gasteiger charge is -2.08. The molecule has 1 aromatic heterocycles. The minimum Gasteiger partial charge on any atom is -0.545 e. The van der Waals surface area contributed by atoms with E-state index in [2.05, 4.69) is 4.98 Å². The lowest BCUT2D eigenvalue weighted by atomic mass is 10.1. The molecule has 0 amide bonds. The zero-order valence-electron chi connectivity index (χ0n) is 9.17. The van der Waals surface area contributed by atoms with Crippen molar-refractivity contribution in [3.63, 3.8) is 0 Å². The van der Waals surface area contributed by atoms with Crippen molar-refractivity contribution in [1.82, 2.24) is 4.98 Å². The third-order valence-electron chi connectivity index (χ3n) is 2.19. The van der Waals surface area contributed by atoms with E-state index in [1.165, 1.54) is 0 Å². The summed E-state index contributed by atoms with van der Waals surface area (Å²) in [6.07, 6.45) is 0. The molecule has 0 N–H and O–H groups in total. The van der Waals surface area contributed by atoms with E-state index in [-0.39, 0.29) is 5.56 Å². The fourth-order valence-electron chi connectivity index (χ4n) is 1.38. The first-order chi connectivity index (χ1) is 8.16. The van der Waals surface area contributed by atoms with Gasteiger partial charge in [0.05, 0.1) is 5.97 Å². The number of carbonyl (C=O) groups excluding carboxylic acids is 1. The Morgan fingerprint density at radius 3 is 2.88 bits per heavy atom. The van der Waals surface area contributed by atoms with Crippen LogP contribution in [-0.2, 0) is 5.75 Å². The van der Waals surface area contributed by atoms with E-state index in [4.69, 9.17) is 0 Å². The zero-order valence-corrected chi connectivity index (χ0v) is 10.8. The second kappa shape index (κ2) is 5.33. The molecule has 17 heavy (non-hydrogen) atoms. The molecule has 0 saturated heterocycles. The number of hydrogen-bond donors (Lipinski definition) is 0. The van der Waals surface area contributed by atoms with Gasteiger partial charge in [0.25, 0.3) is 0 Å². The third kappa shape index (κ3) is 3.08. The molecule has 0 bridgehead atoms. The zero-order chi connectivity index (χ0) is 12.3. The van der Waals surface area contributed by atoms with Gasteiger partial charge in [0.15, 0.2) is 0 Å². The van der Waals surface area contributed by atoms with E-state index in [9.17, 15) is 9.90 Å². The Hall–Kier alpha value is -1.33. The van der Waals surface area contributed by atoms with Gasteiger partial charge >= 0.3 is 0 Å². The van der Waals surface area contributed by atoms with Crippen LogP contribution in [0.4, 0.5) is 0 Å². The highest BCUT2D eigenvalue weighted by atomic mass is 32.2. The molecule has 1 heterocycles. The molecule has 0 fully saturated rings. The number of rotatable bonds is 4. The Balaban J connectivity index is 2.11. The minimum atomic E-state index is -1.13. The summed E-state index contributed by atoms with van der Waals surface area (Å²) in [5.41, 5.74) is 2.02. The summed E-state index contributed by atoms with van der Waals surface area (Å²) in [5, 5.41) is 12.9. The van der Waals surface area contributed by atoms with Crippen molar-refractivity contribution in [2.24, 2.45) is 0 Å². The Kier molecular flexibility index (Phi) is 3.81. The first-order valence-electron chi connectivity index (χ1n) is 5.01. The monoisotopic (exact) mass is 264 g/mol. The first-order valence-corrected chi connectivity index (χ1v) is 6.87. The van der Waals surface area contributed by atoms with E-state index in [1.54, 1.807) is 41.3 Å². The maximum atomic E-state index is 10.9. The molecule has 0 aliphatic rings. The number of carboxylic acid groups (broad SMARTS) is 1. The van der Waals surface area contributed by atoms with Crippen LogP contribution in [0.25, 0.3) is 0 Å². The molecule has 2 rings (SSSR count). The van der Waals surface area contributed by atoms with Crippen LogP contribution in [-0.4, -0.2) is 11.0 Å². The SMILES string of the molecule is Cc1csc(SCc2ccccc2C(=O)[O-])n1. The molecule has 0 radical (unpaired) electrons. The molecular formula is C12H10NO2S2-. The molecule has 0 atom stereocenters. The Labute approximate surface area is 108 Å². The summed E-state index contributed by atoms with van der Waals surface area (Å²) in [7, 11) is 0. The van der Waals surface area contributed by atoms with E-state index in [0.29, 0.717) is 5.75 Å². The van der Waals surface area contributed by atoms with Gasteiger partial charge in [-0.05, 0) is 12.5 Å². The third-order valence-corrected chi connectivity index (χ3v) is 4.37. The largest absolute Gasteiger partial charge is 0.545 e. The van der Waals surface area contributed by atoms with Gasteiger partial charge in [0.1, 0.15) is 4.34 Å². The van der Waals surface area contributed by atoms with Crippen LogP contribution in [0.2, 0.25) is 0 Å². The van der Waals surface area contributed by atoms with Gasteiger partial charge in [0, 0.05) is 22.4 Å². The van der Waals surface area contributed by atoms with E-state index < -0.39 is 5.97 Å². The normalized spacial score (nSPS) is 10.4. The number of hydrogen-bond acceptors (Lipinski definition) is 5. The number of thioether (sulfide) groups is 1. The maximum absolute atomic E-state index is 10.9. The van der Waals surface area contributed by atoms with Crippen LogP contribution in [0.3, 0.4) is 0 Å². The second-order valence-electron chi connectivity index (χ2n) is 3.49. The minimum absolute atomic E-state index is 0.258. The van der Waals surface area contributed by atoms with Gasteiger partial charge in [-0.2, -0.15) is 0 Å². The predicted molar refractivity (Wildman–Crippen MR) is 67.2 cm³/mol. The fraction of sp³-hybridized carbons (Fsp3) is 0.167. The van der Waals surface area contributed by atoms with Crippen molar-refractivity contribution in [2.45, 2.75) is 17.0 Å². The maximum Gasteiger partial charge on any atom is 0.150 e. The van der Waals surface area contributed by atoms with Crippen molar-refractivity contribution in [3.8, 4) is 0 Å². The van der Waals surface area contributed by atoms with Crippen molar-refractivity contribution < 1.29 is 9.90 Å². The molecule has 0 saturated carbocycles. The predicted octanol–water partition coefficient (Wildman–Crippen LogP) is 2.11. The van der Waals surface area contributed by atoms with Crippen molar-refractivity contribution in [3.05, 3.63) is 46.5 Å². The highest BCUT2D eigenvalue weighted by Gasteiger charge is 2.05. The average Bonchev–Trinajstić information content (AvgIpc) is 2.73. The summed E-state index contributed by atoms with van der Waals surface area (Å²) in [6.45, 7) is 1.94. The van der Waals surface area contributed by atoms with Gasteiger partial charge in [-0.15, -0.1) is 11.3 Å². The standard InChI is InChI=1S/C12H11NO2S2/c1-8-6-16-12(13-8)17-7-9-4-2-3-5-10(9)11(14)15/h2-6H,7H2,1H3,(H,14,15)/p-1. The second-order valence-corrected chi connectivity index (χ2v) is 5.57. The number of nitrogens with zero attached hydrogens (tertiary/aromatic N) is 1. The van der Waals surface area contributed by atoms with Gasteiger partial charge in [0.2, 0.25) is 0 Å². The van der Waals surface area contributed by atoms with Gasteiger partial charge in [-0.3, -0.25) is 0 Å². The highest BCUT2D eigenvalue weighted by molar-refractivity contribution is 8.00. The summed E-state index contributed by atoms with van der Waals surface area (Å²) < 4.78 is 0.954. The van der Waals surface area contributed by atoms with E-state index in [1.807, 2.05) is 18.4 Å². The van der Waals surface area contributed by atoms with Crippen LogP contribution >= 0.6 is 23.1 Å². The Morgan fingerprint density at radius 1 is 1.47 bits per heavy atom. The van der Waals surface area contributed by atoms with E-state index in [0.717, 1.165) is 15.6 Å². The van der Waals surface area contributed by atoms with Crippen LogP contribution in [0, 0.1) is 6.92 Å². The summed E-state index contributed by atoms with van der Waals surface area (Å²) in [5.74, 6) is -0.534. The molecule has 3 nitrogen and oxygen atoms in total. The van der Waals surface area contributed by atoms with Crippen molar-refractivity contribution in [1.29, 1.82) is 0 Å². The number of aryl methyl sites for hydroxylation is 1. The van der Waals surface area contributed by atoms with Gasteiger partial charge < -0.3 is 9.90 Å². The molecular weight excluding hydrogens is 254 g/mol. The smallest absolute Gasteiger partial charge is 0.150 e. The number of carboxylic acids is 1. The topological polar surface area (TPSA) is 53.0 Å². The number of aromatic carboxylic acids is 1. The van der Waals surface area contributed by atoms with Crippen molar-refractivity contribution >= 4 is 29.1 Å². The number of aromatic nitrogens is 1. The van der Waals surface area contributed by atoms with Crippen LogP contribution in [0.15, 0.2) is 34.0 Å². The summed E-state index contributed by atoms with van der Waals surface area (Å²) in [6, 6.07) is 6.90. The van der Waals surface area contributed by atoms with E-state index >= 15 is 0 Å². The molecule has 1 aromatic carbocycles. The quantitative estimate of drug-likeness (QED) is 0.794. The lowest BCUT2D eigenvalue weighted by molar-refractivity contribution is -0.255. The van der Waals surface area contributed by atoms with Gasteiger partial charge in [-0.1, -0.05) is 36.0 Å². The first kappa shape index (κ1) is 12.1. The van der Waals surface area contributed by atoms with Gasteiger partial charge in [-0.25, -0.2) is 4.98 Å². The molecule has 0 spiro atoms. The molecule has 0 aliphatic heterocycles. The lowest BCUT2D eigenvalue weighted by Crippen LogP contribution is -2.23. The molecule has 5 heteroatoms. The average molecular weight is 264 g/mol. The molecule has 2 aromatic rings. The number of carbonyl (C=O) groups is 1. The fourth-order valence-corrected chi connectivity index (χ4v) is 3.24. The van der Waals surface area contributed by atoms with Crippen LogP contribution in [0.1, 0.15) is 21.6 Å². The molecule has 0 unspecified atom stereocenters. The highest BCUT2D eigenvalue weighted by Crippen LogP contribution is 2.27. The Morgan fingerprint density at radius 2 is 2.24 bits per heavy atom. The molecule has 88 valence electrons. The Bertz CT molecular complexity index is 537. The van der Waals surface area contributed by atoms with Crippen LogP contribution < -0.4 is 5.11 Å². The van der Waals surface area contributed by atoms with Crippen molar-refractivity contribution in [2.75, 3.05) is 0 Å². The number of benzene rings is 1. The van der Waals surface area contributed by atoms with Crippen LogP contribution in [0.5, 0.6) is 0 Å². The summed E-state index contributed by atoms with van der Waals surface area (Å²) >= 11 is 3.11. The summed E-state index contributed by atoms with van der Waals surface area (Å²) in [4.78, 5) is 15.2. The molecule has 0 aliphatic carbocycles. The number of thiazole rings is 1.